The van der Waals surface area contributed by atoms with E-state index in [9.17, 15) is 0 Å². The lowest BCUT2D eigenvalue weighted by Gasteiger charge is -2.33. The molecule has 0 fully saturated rings. The minimum atomic E-state index is 0.678. The van der Waals surface area contributed by atoms with Gasteiger partial charge in [0.15, 0.2) is 5.16 Å². The summed E-state index contributed by atoms with van der Waals surface area (Å²) in [6.07, 6.45) is 2.99. The van der Waals surface area contributed by atoms with Gasteiger partial charge in [0, 0.05) is 25.1 Å². The normalized spacial score (nSPS) is 16.7. The van der Waals surface area contributed by atoms with Crippen molar-refractivity contribution in [1.82, 2.24) is 15.3 Å². The molecule has 2 aliphatic heterocycles. The average Bonchev–Trinajstić information content (AvgIpc) is 2.60. The zero-order chi connectivity index (χ0) is 14.9. The van der Waals surface area contributed by atoms with E-state index in [1.54, 1.807) is 11.8 Å². The maximum Gasteiger partial charge on any atom is 0.189 e. The van der Waals surface area contributed by atoms with Crippen LogP contribution in [0.4, 0.5) is 11.5 Å². The Bertz CT molecular complexity index is 707. The molecular weight excluding hydrogens is 296 g/mol. The number of benzene rings is 1. The van der Waals surface area contributed by atoms with Gasteiger partial charge in [-0.1, -0.05) is 23.9 Å². The van der Waals surface area contributed by atoms with Gasteiger partial charge in [0.25, 0.3) is 0 Å². The molecule has 0 aliphatic carbocycles. The van der Waals surface area contributed by atoms with E-state index in [2.05, 4.69) is 16.3 Å². The Morgan fingerprint density at radius 2 is 2.18 bits per heavy atom. The molecule has 0 saturated carbocycles. The zero-order valence-electron chi connectivity index (χ0n) is 12.5. The van der Waals surface area contributed by atoms with Crippen molar-refractivity contribution in [1.29, 1.82) is 0 Å². The molecule has 0 atom stereocenters. The lowest BCUT2D eigenvalue weighted by atomic mass is 10.1. The number of nitrogens with one attached hydrogen (secondary N) is 1. The van der Waals surface area contributed by atoms with Gasteiger partial charge < -0.3 is 15.0 Å². The Labute approximate surface area is 134 Å². The molecule has 0 unspecified atom stereocenters. The molecule has 0 amide bonds. The minimum Gasteiger partial charge on any atom is -0.490 e. The predicted molar refractivity (Wildman–Crippen MR) is 88.2 cm³/mol. The molecular formula is C16H18N4OS. The second kappa shape index (κ2) is 5.78. The summed E-state index contributed by atoms with van der Waals surface area (Å²) in [4.78, 5) is 11.8. The van der Waals surface area contributed by atoms with Crippen molar-refractivity contribution >= 4 is 23.3 Å². The summed E-state index contributed by atoms with van der Waals surface area (Å²) < 4.78 is 5.77. The molecule has 3 heterocycles. The van der Waals surface area contributed by atoms with Crippen LogP contribution in [0.2, 0.25) is 0 Å². The van der Waals surface area contributed by atoms with Crippen LogP contribution >= 0.6 is 11.8 Å². The molecule has 6 heteroatoms. The van der Waals surface area contributed by atoms with Gasteiger partial charge in [-0.05, 0) is 18.4 Å². The van der Waals surface area contributed by atoms with E-state index in [4.69, 9.17) is 14.7 Å². The Morgan fingerprint density at radius 1 is 1.27 bits per heavy atom. The van der Waals surface area contributed by atoms with Crippen LogP contribution in [0.1, 0.15) is 11.3 Å². The van der Waals surface area contributed by atoms with Gasteiger partial charge in [0.2, 0.25) is 0 Å². The first-order valence-corrected chi connectivity index (χ1v) is 8.73. The van der Waals surface area contributed by atoms with Crippen molar-refractivity contribution in [2.45, 2.75) is 18.1 Å². The Hall–Kier alpha value is -1.79. The van der Waals surface area contributed by atoms with Crippen LogP contribution in [0.25, 0.3) is 0 Å². The van der Waals surface area contributed by atoms with Gasteiger partial charge in [-0.2, -0.15) is 0 Å². The molecule has 4 rings (SSSR count). The third-order valence-corrected chi connectivity index (χ3v) is 4.61. The number of hydrogen-bond donors (Lipinski definition) is 1. The number of aromatic nitrogens is 2. The van der Waals surface area contributed by atoms with Crippen molar-refractivity contribution in [2.75, 3.05) is 30.9 Å². The largest absolute Gasteiger partial charge is 0.490 e. The fraction of sp³-hybridized carbons (Fsp3) is 0.375. The smallest absolute Gasteiger partial charge is 0.189 e. The molecule has 1 aromatic heterocycles. The van der Waals surface area contributed by atoms with Gasteiger partial charge in [0.05, 0.1) is 17.9 Å². The van der Waals surface area contributed by atoms with E-state index in [1.165, 1.54) is 11.3 Å². The van der Waals surface area contributed by atoms with E-state index in [1.807, 2.05) is 24.5 Å². The fourth-order valence-corrected chi connectivity index (χ4v) is 3.39. The number of nitrogens with zero attached hydrogens (tertiary/aromatic N) is 3. The standard InChI is InChI=1S/C16H18N4OS/c1-22-16-18-12-6-7-17-10-11(12)15(19-16)20-8-9-21-14-5-3-2-4-13(14)20/h2-5,17H,6-10H2,1H3. The van der Waals surface area contributed by atoms with Crippen LogP contribution in [0, 0.1) is 0 Å². The third kappa shape index (κ3) is 2.32. The molecule has 5 nitrogen and oxygen atoms in total. The summed E-state index contributed by atoms with van der Waals surface area (Å²) in [5.41, 5.74) is 3.49. The third-order valence-electron chi connectivity index (χ3n) is 4.06. The van der Waals surface area contributed by atoms with Crippen molar-refractivity contribution in [3.05, 3.63) is 35.5 Å². The molecule has 0 spiro atoms. The van der Waals surface area contributed by atoms with Crippen LogP contribution in [-0.2, 0) is 13.0 Å². The minimum absolute atomic E-state index is 0.678. The highest BCUT2D eigenvalue weighted by molar-refractivity contribution is 7.98. The highest BCUT2D eigenvalue weighted by Crippen LogP contribution is 2.38. The highest BCUT2D eigenvalue weighted by atomic mass is 32.2. The molecule has 0 saturated heterocycles. The summed E-state index contributed by atoms with van der Waals surface area (Å²) in [6.45, 7) is 3.31. The first-order valence-electron chi connectivity index (χ1n) is 7.50. The summed E-state index contributed by atoms with van der Waals surface area (Å²) in [5.74, 6) is 1.95. The Balaban J connectivity index is 1.86. The topological polar surface area (TPSA) is 50.3 Å². The fourth-order valence-electron chi connectivity index (χ4n) is 3.01. The van der Waals surface area contributed by atoms with E-state index in [0.29, 0.717) is 6.61 Å². The monoisotopic (exact) mass is 314 g/mol. The molecule has 2 aromatic rings. The number of rotatable bonds is 2. The van der Waals surface area contributed by atoms with Crippen LogP contribution in [0.15, 0.2) is 29.4 Å². The lowest BCUT2D eigenvalue weighted by molar-refractivity contribution is 0.313. The number of anilines is 2. The number of ether oxygens (including phenoxy) is 1. The van der Waals surface area contributed by atoms with E-state index >= 15 is 0 Å². The van der Waals surface area contributed by atoms with Gasteiger partial charge in [0.1, 0.15) is 18.2 Å². The number of para-hydroxylation sites is 2. The quantitative estimate of drug-likeness (QED) is 0.678. The van der Waals surface area contributed by atoms with E-state index in [-0.39, 0.29) is 0 Å². The first kappa shape index (κ1) is 13.8. The van der Waals surface area contributed by atoms with Crippen molar-refractivity contribution in [2.24, 2.45) is 0 Å². The van der Waals surface area contributed by atoms with E-state index in [0.717, 1.165) is 48.5 Å². The Morgan fingerprint density at radius 3 is 3.09 bits per heavy atom. The number of fused-ring (bicyclic) bond motifs is 2. The zero-order valence-corrected chi connectivity index (χ0v) is 13.3. The van der Waals surface area contributed by atoms with Gasteiger partial charge in [-0.25, -0.2) is 9.97 Å². The second-order valence-electron chi connectivity index (χ2n) is 5.35. The molecule has 1 N–H and O–H groups in total. The Kier molecular flexibility index (Phi) is 3.63. The second-order valence-corrected chi connectivity index (χ2v) is 6.13. The van der Waals surface area contributed by atoms with Gasteiger partial charge in [-0.3, -0.25) is 0 Å². The molecule has 0 bridgehead atoms. The molecule has 22 heavy (non-hydrogen) atoms. The van der Waals surface area contributed by atoms with E-state index < -0.39 is 0 Å². The lowest BCUT2D eigenvalue weighted by Crippen LogP contribution is -2.33. The number of hydrogen-bond acceptors (Lipinski definition) is 6. The molecule has 0 radical (unpaired) electrons. The van der Waals surface area contributed by atoms with Crippen LogP contribution < -0.4 is 15.0 Å². The summed E-state index contributed by atoms with van der Waals surface area (Å²) in [7, 11) is 0. The van der Waals surface area contributed by atoms with Crippen molar-refractivity contribution < 1.29 is 4.74 Å². The molecule has 1 aromatic carbocycles. The average molecular weight is 314 g/mol. The predicted octanol–water partition coefficient (Wildman–Crippen LogP) is 2.37. The highest BCUT2D eigenvalue weighted by Gasteiger charge is 2.26. The SMILES string of the molecule is CSc1nc2c(c(N3CCOc4ccccc43)n1)CNCC2. The maximum absolute atomic E-state index is 5.77. The van der Waals surface area contributed by atoms with Crippen molar-refractivity contribution in [3.63, 3.8) is 0 Å². The summed E-state index contributed by atoms with van der Waals surface area (Å²) in [5, 5.41) is 4.28. The van der Waals surface area contributed by atoms with Gasteiger partial charge in [-0.15, -0.1) is 0 Å². The van der Waals surface area contributed by atoms with Crippen LogP contribution in [0.5, 0.6) is 5.75 Å². The van der Waals surface area contributed by atoms with Gasteiger partial charge >= 0.3 is 0 Å². The van der Waals surface area contributed by atoms with Crippen LogP contribution in [-0.4, -0.2) is 35.9 Å². The maximum atomic E-state index is 5.77. The van der Waals surface area contributed by atoms with Crippen molar-refractivity contribution in [3.8, 4) is 5.75 Å². The van der Waals surface area contributed by atoms with Crippen LogP contribution in [0.3, 0.4) is 0 Å². The number of thioether (sulfide) groups is 1. The summed E-state index contributed by atoms with van der Waals surface area (Å²) >= 11 is 1.60. The summed E-state index contributed by atoms with van der Waals surface area (Å²) in [6, 6.07) is 8.16. The first-order chi connectivity index (χ1) is 10.9. The molecule has 114 valence electrons. The molecule has 2 aliphatic rings.